The first-order valence-corrected chi connectivity index (χ1v) is 9.83. The van der Waals surface area contributed by atoms with E-state index < -0.39 is 35.9 Å². The average Bonchev–Trinajstić information content (AvgIpc) is 3.35. The van der Waals surface area contributed by atoms with Crippen LogP contribution in [0.15, 0.2) is 30.3 Å². The molecule has 2 bridgehead atoms. The van der Waals surface area contributed by atoms with Crippen LogP contribution in [0.4, 0.5) is 13.2 Å². The molecule has 1 aliphatic heterocycles. The SMILES string of the molecule is O=C(O)[C@@H]1CN(C(=O)C2(Cc3ccccc3)CC3CCC2C3)C[C@H]1C(F)(F)F. The summed E-state index contributed by atoms with van der Waals surface area (Å²) in [5, 5.41) is 9.28. The topological polar surface area (TPSA) is 57.6 Å². The standard InChI is InChI=1S/C21H24F3NO3/c22-21(23,24)17-12-25(11-16(17)18(26)27)19(28)20(9-13-4-2-1-3-5-13)10-14-6-7-15(20)8-14/h1-5,14-17H,6-12H2,(H,26,27)/t14?,15?,16-,17-,20?/m1/s1. The van der Waals surface area contributed by atoms with Gasteiger partial charge in [0.25, 0.3) is 0 Å². The van der Waals surface area contributed by atoms with Crippen LogP contribution in [0.2, 0.25) is 0 Å². The zero-order chi connectivity index (χ0) is 20.1. The number of carbonyl (C=O) groups excluding carboxylic acids is 1. The summed E-state index contributed by atoms with van der Waals surface area (Å²) in [7, 11) is 0. The van der Waals surface area contributed by atoms with E-state index in [-0.39, 0.29) is 18.4 Å². The minimum Gasteiger partial charge on any atom is -0.481 e. The Morgan fingerprint density at radius 2 is 1.86 bits per heavy atom. The number of hydrogen-bond donors (Lipinski definition) is 1. The Bertz CT molecular complexity index is 766. The molecule has 1 heterocycles. The van der Waals surface area contributed by atoms with Gasteiger partial charge in [-0.1, -0.05) is 36.8 Å². The molecule has 4 rings (SSSR count). The number of aliphatic carboxylic acids is 1. The van der Waals surface area contributed by atoms with E-state index in [2.05, 4.69) is 0 Å². The Morgan fingerprint density at radius 3 is 2.36 bits per heavy atom. The molecule has 3 fully saturated rings. The lowest BCUT2D eigenvalue weighted by Gasteiger charge is -2.39. The van der Waals surface area contributed by atoms with Gasteiger partial charge in [-0.15, -0.1) is 0 Å². The van der Waals surface area contributed by atoms with Crippen LogP contribution in [0, 0.1) is 29.1 Å². The van der Waals surface area contributed by atoms with E-state index in [1.54, 1.807) is 0 Å². The van der Waals surface area contributed by atoms with Crippen LogP contribution >= 0.6 is 0 Å². The van der Waals surface area contributed by atoms with E-state index in [0.29, 0.717) is 18.8 Å². The quantitative estimate of drug-likeness (QED) is 0.845. The van der Waals surface area contributed by atoms with Crippen LogP contribution < -0.4 is 0 Å². The van der Waals surface area contributed by atoms with E-state index in [9.17, 15) is 27.9 Å². The zero-order valence-corrected chi connectivity index (χ0v) is 15.5. The van der Waals surface area contributed by atoms with Crippen LogP contribution in [-0.4, -0.2) is 41.1 Å². The maximum atomic E-state index is 13.6. The summed E-state index contributed by atoms with van der Waals surface area (Å²) < 4.78 is 40.1. The van der Waals surface area contributed by atoms with Gasteiger partial charge < -0.3 is 10.0 Å². The number of carboxylic acid groups (broad SMARTS) is 1. The molecule has 3 unspecified atom stereocenters. The van der Waals surface area contributed by atoms with Crippen molar-refractivity contribution >= 4 is 11.9 Å². The lowest BCUT2D eigenvalue weighted by atomic mass is 9.68. The number of carboxylic acids is 1. The van der Waals surface area contributed by atoms with Gasteiger partial charge in [0, 0.05) is 13.1 Å². The molecular weight excluding hydrogens is 371 g/mol. The molecule has 152 valence electrons. The summed E-state index contributed by atoms with van der Waals surface area (Å²) >= 11 is 0. The normalized spacial score (nSPS) is 34.8. The predicted octanol–water partition coefficient (Wildman–Crippen LogP) is 3.76. The highest BCUT2D eigenvalue weighted by Gasteiger charge is 2.60. The van der Waals surface area contributed by atoms with Crippen LogP contribution in [0.25, 0.3) is 0 Å². The Labute approximate surface area is 161 Å². The fourth-order valence-electron chi connectivity index (χ4n) is 5.82. The van der Waals surface area contributed by atoms with E-state index in [1.165, 1.54) is 4.90 Å². The smallest absolute Gasteiger partial charge is 0.394 e. The third-order valence-electron chi connectivity index (χ3n) is 7.11. The number of fused-ring (bicyclic) bond motifs is 2. The summed E-state index contributed by atoms with van der Waals surface area (Å²) in [6.45, 7) is -0.903. The summed E-state index contributed by atoms with van der Waals surface area (Å²) in [5.41, 5.74) is 0.304. The van der Waals surface area contributed by atoms with Gasteiger partial charge in [-0.3, -0.25) is 9.59 Å². The highest BCUT2D eigenvalue weighted by molar-refractivity contribution is 5.85. The van der Waals surface area contributed by atoms with Crippen molar-refractivity contribution in [1.82, 2.24) is 4.90 Å². The van der Waals surface area contributed by atoms with Crippen LogP contribution in [0.3, 0.4) is 0 Å². The Hall–Kier alpha value is -2.05. The second-order valence-electron chi connectivity index (χ2n) is 8.70. The number of alkyl halides is 3. The third kappa shape index (κ3) is 3.18. The predicted molar refractivity (Wildman–Crippen MR) is 95.3 cm³/mol. The zero-order valence-electron chi connectivity index (χ0n) is 15.5. The van der Waals surface area contributed by atoms with Gasteiger partial charge in [-0.05, 0) is 43.1 Å². The van der Waals surface area contributed by atoms with E-state index in [1.807, 2.05) is 30.3 Å². The second kappa shape index (κ2) is 6.78. The Kier molecular flexibility index (Phi) is 4.67. The number of likely N-dealkylation sites (tertiary alicyclic amines) is 1. The molecule has 0 spiro atoms. The van der Waals surface area contributed by atoms with E-state index >= 15 is 0 Å². The van der Waals surface area contributed by atoms with Crippen molar-refractivity contribution in [1.29, 1.82) is 0 Å². The molecule has 5 atom stereocenters. The Morgan fingerprint density at radius 1 is 1.14 bits per heavy atom. The molecule has 1 amide bonds. The first-order valence-electron chi connectivity index (χ1n) is 9.83. The number of halogens is 3. The van der Waals surface area contributed by atoms with Gasteiger partial charge in [-0.25, -0.2) is 0 Å². The summed E-state index contributed by atoms with van der Waals surface area (Å²) in [4.78, 5) is 26.2. The first-order chi connectivity index (χ1) is 13.2. The highest BCUT2D eigenvalue weighted by Crippen LogP contribution is 2.58. The van der Waals surface area contributed by atoms with Crippen molar-refractivity contribution in [2.45, 2.75) is 38.3 Å². The van der Waals surface area contributed by atoms with Gasteiger partial charge in [0.15, 0.2) is 0 Å². The van der Waals surface area contributed by atoms with Gasteiger partial charge in [-0.2, -0.15) is 13.2 Å². The van der Waals surface area contributed by atoms with Crippen molar-refractivity contribution in [3.05, 3.63) is 35.9 Å². The molecule has 2 aliphatic carbocycles. The molecule has 0 radical (unpaired) electrons. The number of rotatable bonds is 4. The maximum Gasteiger partial charge on any atom is 0.394 e. The maximum absolute atomic E-state index is 13.6. The molecule has 1 N–H and O–H groups in total. The van der Waals surface area contributed by atoms with Gasteiger partial charge in [0.1, 0.15) is 0 Å². The largest absolute Gasteiger partial charge is 0.481 e. The second-order valence-corrected chi connectivity index (χ2v) is 8.70. The average molecular weight is 395 g/mol. The summed E-state index contributed by atoms with van der Waals surface area (Å²) in [6, 6.07) is 9.59. The lowest BCUT2D eigenvalue weighted by Crippen LogP contribution is -2.48. The minimum atomic E-state index is -4.63. The van der Waals surface area contributed by atoms with Crippen molar-refractivity contribution in [2.24, 2.45) is 29.1 Å². The minimum absolute atomic E-state index is 0.165. The molecule has 28 heavy (non-hydrogen) atoms. The lowest BCUT2D eigenvalue weighted by molar-refractivity contribution is -0.188. The molecule has 0 aromatic heterocycles. The number of benzene rings is 1. The fraction of sp³-hybridized carbons (Fsp3) is 0.619. The molecule has 7 heteroatoms. The number of carbonyl (C=O) groups is 2. The van der Waals surface area contributed by atoms with Crippen molar-refractivity contribution in [3.8, 4) is 0 Å². The van der Waals surface area contributed by atoms with Crippen LogP contribution in [0.5, 0.6) is 0 Å². The van der Waals surface area contributed by atoms with Crippen LogP contribution in [-0.2, 0) is 16.0 Å². The number of amides is 1. The summed E-state index contributed by atoms with van der Waals surface area (Å²) in [6.07, 6.45) is -0.495. The fourth-order valence-corrected chi connectivity index (χ4v) is 5.82. The molecule has 3 aliphatic rings. The van der Waals surface area contributed by atoms with Gasteiger partial charge in [0.05, 0.1) is 17.3 Å². The Balaban J connectivity index is 1.63. The molecule has 1 aromatic carbocycles. The van der Waals surface area contributed by atoms with Gasteiger partial charge in [0.2, 0.25) is 5.91 Å². The van der Waals surface area contributed by atoms with Crippen molar-refractivity contribution < 1.29 is 27.9 Å². The van der Waals surface area contributed by atoms with E-state index in [0.717, 1.165) is 24.8 Å². The molecular formula is C21H24F3NO3. The molecule has 1 aromatic rings. The molecule has 4 nitrogen and oxygen atoms in total. The van der Waals surface area contributed by atoms with Crippen molar-refractivity contribution in [2.75, 3.05) is 13.1 Å². The number of nitrogens with zero attached hydrogens (tertiary/aromatic N) is 1. The van der Waals surface area contributed by atoms with E-state index in [4.69, 9.17) is 0 Å². The van der Waals surface area contributed by atoms with Gasteiger partial charge >= 0.3 is 12.1 Å². The summed E-state index contributed by atoms with van der Waals surface area (Å²) in [5.74, 6) is -4.74. The monoisotopic (exact) mass is 395 g/mol. The molecule has 2 saturated carbocycles. The van der Waals surface area contributed by atoms with Crippen LogP contribution in [0.1, 0.15) is 31.2 Å². The molecule has 1 saturated heterocycles. The highest BCUT2D eigenvalue weighted by atomic mass is 19.4. The number of hydrogen-bond acceptors (Lipinski definition) is 2. The first kappa shape index (κ1) is 19.3. The third-order valence-corrected chi connectivity index (χ3v) is 7.11. The van der Waals surface area contributed by atoms with Crippen molar-refractivity contribution in [3.63, 3.8) is 0 Å².